The van der Waals surface area contributed by atoms with Gasteiger partial charge in [0.2, 0.25) is 0 Å². The first kappa shape index (κ1) is 22.9. The van der Waals surface area contributed by atoms with Crippen LogP contribution in [-0.4, -0.2) is 32.2 Å². The summed E-state index contributed by atoms with van der Waals surface area (Å²) in [4.78, 5) is 25.5. The van der Waals surface area contributed by atoms with Crippen molar-refractivity contribution in [3.63, 3.8) is 0 Å². The van der Waals surface area contributed by atoms with Crippen LogP contribution < -0.4 is 14.8 Å². The molecular formula is C26H27NO5S. The van der Waals surface area contributed by atoms with Gasteiger partial charge >= 0.3 is 5.97 Å². The fourth-order valence-corrected chi connectivity index (χ4v) is 4.99. The quantitative estimate of drug-likeness (QED) is 0.445. The van der Waals surface area contributed by atoms with E-state index in [1.165, 1.54) is 35.3 Å². The highest BCUT2D eigenvalue weighted by atomic mass is 32.1. The Morgan fingerprint density at radius 1 is 1.03 bits per heavy atom. The molecule has 1 aromatic heterocycles. The third kappa shape index (κ3) is 5.20. The average Bonchev–Trinajstić information content (AvgIpc) is 3.26. The molecule has 0 saturated carbocycles. The molecule has 3 aromatic rings. The number of benzene rings is 2. The third-order valence-corrected chi connectivity index (χ3v) is 6.51. The van der Waals surface area contributed by atoms with E-state index in [1.807, 2.05) is 17.5 Å². The van der Waals surface area contributed by atoms with Crippen LogP contribution in [0.15, 0.2) is 47.8 Å². The summed E-state index contributed by atoms with van der Waals surface area (Å²) in [6.45, 7) is 1.81. The highest BCUT2D eigenvalue weighted by Gasteiger charge is 2.24. The summed E-state index contributed by atoms with van der Waals surface area (Å²) in [7, 11) is 1.54. The topological polar surface area (TPSA) is 73.9 Å². The van der Waals surface area contributed by atoms with E-state index in [-0.39, 0.29) is 19.1 Å². The van der Waals surface area contributed by atoms with E-state index in [1.54, 1.807) is 32.2 Å². The summed E-state index contributed by atoms with van der Waals surface area (Å²) in [5, 5.41) is 5.17. The van der Waals surface area contributed by atoms with Gasteiger partial charge < -0.3 is 19.5 Å². The van der Waals surface area contributed by atoms with Gasteiger partial charge in [0.25, 0.3) is 5.91 Å². The number of fused-ring (bicyclic) bond motifs is 1. The Kier molecular flexibility index (Phi) is 7.29. The molecular weight excluding hydrogens is 438 g/mol. The molecule has 1 amide bonds. The van der Waals surface area contributed by atoms with E-state index in [4.69, 9.17) is 14.2 Å². The number of carbonyl (C=O) groups is 2. The lowest BCUT2D eigenvalue weighted by molar-refractivity contribution is -0.118. The molecule has 0 bridgehead atoms. The van der Waals surface area contributed by atoms with Crippen molar-refractivity contribution in [3.05, 3.63) is 64.5 Å². The lowest BCUT2D eigenvalue weighted by Crippen LogP contribution is -2.21. The lowest BCUT2D eigenvalue weighted by Gasteiger charge is -2.17. The maximum Gasteiger partial charge on any atom is 0.341 e. The highest BCUT2D eigenvalue weighted by molar-refractivity contribution is 7.15. The van der Waals surface area contributed by atoms with Crippen molar-refractivity contribution in [3.8, 4) is 22.6 Å². The number of anilines is 1. The summed E-state index contributed by atoms with van der Waals surface area (Å²) >= 11 is 1.31. The van der Waals surface area contributed by atoms with Crippen LogP contribution in [0.2, 0.25) is 0 Å². The molecule has 0 radical (unpaired) electrons. The number of hydrogen-bond acceptors (Lipinski definition) is 6. The van der Waals surface area contributed by atoms with Gasteiger partial charge in [0.15, 0.2) is 18.1 Å². The van der Waals surface area contributed by atoms with E-state index in [9.17, 15) is 9.59 Å². The summed E-state index contributed by atoms with van der Waals surface area (Å²) in [5.74, 6) is 0.197. The number of amides is 1. The predicted octanol–water partition coefficient (Wildman–Crippen LogP) is 5.50. The van der Waals surface area contributed by atoms with Gasteiger partial charge in [-0.15, -0.1) is 11.3 Å². The summed E-state index contributed by atoms with van der Waals surface area (Å²) < 4.78 is 16.2. The molecule has 33 heavy (non-hydrogen) atoms. The minimum atomic E-state index is -0.451. The first-order valence-electron chi connectivity index (χ1n) is 11.1. The van der Waals surface area contributed by atoms with E-state index in [0.717, 1.165) is 24.0 Å². The Bertz CT molecular complexity index is 1150. The molecule has 0 spiro atoms. The number of carbonyl (C=O) groups excluding carboxylic acids is 2. The summed E-state index contributed by atoms with van der Waals surface area (Å²) in [6, 6.07) is 13.5. The van der Waals surface area contributed by atoms with Gasteiger partial charge in [-0.25, -0.2) is 4.79 Å². The number of thiophene rings is 1. The van der Waals surface area contributed by atoms with E-state index >= 15 is 0 Å². The second-order valence-electron chi connectivity index (χ2n) is 7.75. The molecule has 0 fully saturated rings. The molecule has 1 N–H and O–H groups in total. The van der Waals surface area contributed by atoms with Gasteiger partial charge in [0, 0.05) is 10.9 Å². The van der Waals surface area contributed by atoms with Crippen LogP contribution in [0, 0.1) is 0 Å². The number of rotatable bonds is 8. The van der Waals surface area contributed by atoms with Gasteiger partial charge in [-0.3, -0.25) is 4.79 Å². The van der Waals surface area contributed by atoms with Crippen molar-refractivity contribution in [2.75, 3.05) is 25.6 Å². The summed E-state index contributed by atoms with van der Waals surface area (Å²) in [6.07, 6.45) is 4.54. The molecule has 4 rings (SSSR count). The number of esters is 1. The number of methoxy groups -OCH3 is 1. The fourth-order valence-electron chi connectivity index (χ4n) is 4.01. The van der Waals surface area contributed by atoms with Crippen LogP contribution in [-0.2, 0) is 22.4 Å². The third-order valence-electron chi connectivity index (χ3n) is 5.61. The van der Waals surface area contributed by atoms with Gasteiger partial charge in [0.1, 0.15) is 10.6 Å². The van der Waals surface area contributed by atoms with E-state index in [2.05, 4.69) is 17.4 Å². The molecule has 1 aliphatic carbocycles. The summed E-state index contributed by atoms with van der Waals surface area (Å²) in [5.41, 5.74) is 4.81. The van der Waals surface area contributed by atoms with Gasteiger partial charge in [-0.1, -0.05) is 30.3 Å². The Balaban J connectivity index is 1.56. The van der Waals surface area contributed by atoms with Crippen molar-refractivity contribution in [2.24, 2.45) is 0 Å². The largest absolute Gasteiger partial charge is 0.493 e. The zero-order chi connectivity index (χ0) is 23.2. The maximum absolute atomic E-state index is 12.8. The first-order chi connectivity index (χ1) is 16.1. The van der Waals surface area contributed by atoms with Crippen molar-refractivity contribution < 1.29 is 23.8 Å². The number of aryl methyl sites for hydroxylation is 2. The van der Waals surface area contributed by atoms with Crippen molar-refractivity contribution >= 4 is 28.2 Å². The Morgan fingerprint density at radius 2 is 1.79 bits per heavy atom. The van der Waals surface area contributed by atoms with Crippen molar-refractivity contribution in [2.45, 2.75) is 32.6 Å². The standard InChI is InChI=1S/C26H27NO5S/c1-3-31-26(29)24-20(19-13-12-17-8-4-5-9-18(17)14-19)16-33-25(24)27-23(28)15-32-22-11-7-6-10-21(22)30-2/h6-7,10-14,16H,3-5,8-9,15H2,1-2H3,(H,27,28). The zero-order valence-corrected chi connectivity index (χ0v) is 19.6. The van der Waals surface area contributed by atoms with Crippen molar-refractivity contribution in [1.29, 1.82) is 0 Å². The number of nitrogens with one attached hydrogen (secondary N) is 1. The Hall–Kier alpha value is -3.32. The number of ether oxygens (including phenoxy) is 3. The molecule has 0 aliphatic heterocycles. The molecule has 1 aliphatic rings. The predicted molar refractivity (Wildman–Crippen MR) is 129 cm³/mol. The highest BCUT2D eigenvalue weighted by Crippen LogP contribution is 2.38. The van der Waals surface area contributed by atoms with Gasteiger partial charge in [-0.05, 0) is 61.4 Å². The van der Waals surface area contributed by atoms with Crippen LogP contribution in [0.3, 0.4) is 0 Å². The van der Waals surface area contributed by atoms with Crippen molar-refractivity contribution in [1.82, 2.24) is 0 Å². The smallest absolute Gasteiger partial charge is 0.341 e. The average molecular weight is 466 g/mol. The zero-order valence-electron chi connectivity index (χ0n) is 18.8. The SMILES string of the molecule is CCOC(=O)c1c(-c2ccc3c(c2)CCCC3)csc1NC(=O)COc1ccccc1OC. The normalized spacial score (nSPS) is 12.5. The van der Waals surface area contributed by atoms with Crippen LogP contribution in [0.25, 0.3) is 11.1 Å². The van der Waals surface area contributed by atoms with Crippen LogP contribution in [0.5, 0.6) is 11.5 Å². The fraction of sp³-hybridized carbons (Fsp3) is 0.308. The van der Waals surface area contributed by atoms with Crippen LogP contribution >= 0.6 is 11.3 Å². The van der Waals surface area contributed by atoms with Gasteiger partial charge in [-0.2, -0.15) is 0 Å². The monoisotopic (exact) mass is 465 g/mol. The Labute approximate surface area is 197 Å². The maximum atomic E-state index is 12.8. The molecule has 0 saturated heterocycles. The molecule has 6 nitrogen and oxygen atoms in total. The molecule has 1 heterocycles. The Morgan fingerprint density at radius 3 is 2.55 bits per heavy atom. The molecule has 7 heteroatoms. The van der Waals surface area contributed by atoms with E-state index in [0.29, 0.717) is 22.1 Å². The van der Waals surface area contributed by atoms with Crippen LogP contribution in [0.4, 0.5) is 5.00 Å². The first-order valence-corrected chi connectivity index (χ1v) is 11.9. The lowest BCUT2D eigenvalue weighted by atomic mass is 9.89. The second kappa shape index (κ2) is 10.5. The number of hydrogen-bond donors (Lipinski definition) is 1. The molecule has 0 atom stereocenters. The molecule has 0 unspecified atom stereocenters. The van der Waals surface area contributed by atoms with Gasteiger partial charge in [0.05, 0.1) is 13.7 Å². The minimum absolute atomic E-state index is 0.214. The minimum Gasteiger partial charge on any atom is -0.493 e. The van der Waals surface area contributed by atoms with E-state index < -0.39 is 5.97 Å². The molecule has 2 aromatic carbocycles. The second-order valence-corrected chi connectivity index (χ2v) is 8.63. The van der Waals surface area contributed by atoms with Crippen LogP contribution in [0.1, 0.15) is 41.3 Å². The number of para-hydroxylation sites is 2. The molecule has 172 valence electrons.